The van der Waals surface area contributed by atoms with Crippen LogP contribution in [0.25, 0.3) is 0 Å². The first-order valence-corrected chi connectivity index (χ1v) is 9.02. The first-order chi connectivity index (χ1) is 14.9. The molecule has 0 saturated carbocycles. The highest BCUT2D eigenvalue weighted by molar-refractivity contribution is 6.05. The van der Waals surface area contributed by atoms with Gasteiger partial charge in [0.05, 0.1) is 12.1 Å². The van der Waals surface area contributed by atoms with Crippen molar-refractivity contribution in [2.45, 2.75) is 19.6 Å². The largest absolute Gasteiger partial charge is 0.506 e. The van der Waals surface area contributed by atoms with E-state index in [0.29, 0.717) is 4.57 Å². The van der Waals surface area contributed by atoms with Gasteiger partial charge in [0, 0.05) is 6.54 Å². The fraction of sp³-hybridized carbons (Fsp3) is 0.263. The van der Waals surface area contributed by atoms with Crippen LogP contribution < -0.4 is 16.2 Å². The Balaban J connectivity index is 2.75. The third-order valence-corrected chi connectivity index (χ3v) is 4.25. The lowest BCUT2D eigenvalue weighted by Crippen LogP contribution is -2.36. The summed E-state index contributed by atoms with van der Waals surface area (Å²) < 4.78 is 40.3. The van der Waals surface area contributed by atoms with Crippen LogP contribution in [0, 0.1) is 0 Å². The average molecular weight is 457 g/mol. The van der Waals surface area contributed by atoms with E-state index in [4.69, 9.17) is 5.11 Å². The molecule has 0 aliphatic heterocycles. The summed E-state index contributed by atoms with van der Waals surface area (Å²) in [5.41, 5.74) is -5.01. The maximum absolute atomic E-state index is 13.3. The molecule has 32 heavy (non-hydrogen) atoms. The first kappa shape index (κ1) is 24.2. The zero-order valence-corrected chi connectivity index (χ0v) is 16.5. The molecule has 0 fully saturated rings. The maximum Gasteiger partial charge on any atom is 0.416 e. The predicted molar refractivity (Wildman–Crippen MR) is 103 cm³/mol. The Kier molecular flexibility index (Phi) is 7.13. The van der Waals surface area contributed by atoms with Crippen LogP contribution in [0.3, 0.4) is 0 Å². The molecular weight excluding hydrogens is 439 g/mol. The number of nitrogens with one attached hydrogen (secondary N) is 2. The van der Waals surface area contributed by atoms with E-state index in [1.165, 1.54) is 13.0 Å². The predicted octanol–water partition coefficient (Wildman–Crippen LogP) is 0.891. The maximum atomic E-state index is 13.3. The molecule has 0 aliphatic carbocycles. The van der Waals surface area contributed by atoms with Gasteiger partial charge in [0.2, 0.25) is 5.88 Å². The zero-order chi connectivity index (χ0) is 24.2. The number of hydrogen-bond donors (Lipinski definition) is 5. The molecule has 0 radical (unpaired) electrons. The van der Waals surface area contributed by atoms with Crippen molar-refractivity contribution >= 4 is 17.8 Å². The number of hydrogen-bond acceptors (Lipinski definition) is 6. The van der Waals surface area contributed by atoms with E-state index >= 15 is 0 Å². The highest BCUT2D eigenvalue weighted by Gasteiger charge is 2.34. The van der Waals surface area contributed by atoms with Crippen molar-refractivity contribution in [2.75, 3.05) is 13.1 Å². The average Bonchev–Trinajstić information content (AvgIpc) is 2.69. The third-order valence-electron chi connectivity index (χ3n) is 4.25. The minimum Gasteiger partial charge on any atom is -0.506 e. The first-order valence-electron chi connectivity index (χ1n) is 9.02. The Morgan fingerprint density at radius 2 is 1.62 bits per heavy atom. The second-order valence-corrected chi connectivity index (χ2v) is 6.40. The van der Waals surface area contributed by atoms with E-state index in [9.17, 15) is 42.6 Å². The van der Waals surface area contributed by atoms with Crippen molar-refractivity contribution in [3.8, 4) is 11.6 Å². The second kappa shape index (κ2) is 9.41. The smallest absolute Gasteiger partial charge is 0.416 e. The fourth-order valence-electron chi connectivity index (χ4n) is 2.86. The summed E-state index contributed by atoms with van der Waals surface area (Å²) in [4.78, 5) is 48.1. The van der Waals surface area contributed by atoms with Gasteiger partial charge in [-0.25, -0.2) is 0 Å². The molecule has 10 nitrogen and oxygen atoms in total. The Bertz CT molecular complexity index is 1130. The molecule has 0 spiro atoms. The normalized spacial score (nSPS) is 11.1. The van der Waals surface area contributed by atoms with Gasteiger partial charge in [-0.3, -0.25) is 23.7 Å². The summed E-state index contributed by atoms with van der Waals surface area (Å²) in [7, 11) is 0. The number of aliphatic carboxylic acids is 1. The van der Waals surface area contributed by atoms with E-state index in [2.05, 4.69) is 5.32 Å². The van der Waals surface area contributed by atoms with Crippen molar-refractivity contribution < 1.29 is 42.9 Å². The van der Waals surface area contributed by atoms with Crippen LogP contribution in [0.4, 0.5) is 13.2 Å². The lowest BCUT2D eigenvalue weighted by atomic mass is 10.1. The van der Waals surface area contributed by atoms with Crippen LogP contribution in [0.2, 0.25) is 0 Å². The second-order valence-electron chi connectivity index (χ2n) is 6.40. The molecule has 0 aliphatic rings. The number of amides is 2. The lowest BCUT2D eigenvalue weighted by Gasteiger charge is -2.18. The molecule has 13 heteroatoms. The summed E-state index contributed by atoms with van der Waals surface area (Å²) in [6, 6.07) is 4.12. The molecule has 1 heterocycles. The highest BCUT2D eigenvalue weighted by atomic mass is 19.4. The Labute approximate surface area is 177 Å². The molecule has 2 aromatic rings. The van der Waals surface area contributed by atoms with E-state index in [0.717, 1.165) is 18.2 Å². The Morgan fingerprint density at radius 3 is 2.19 bits per heavy atom. The SMILES string of the molecule is CCNC(=O)c1c(O)c(C(=O)NCC(=O)O)c(O)n(Cc2ccccc2C(F)(F)F)c1=O. The molecule has 0 atom stereocenters. The van der Waals surface area contributed by atoms with Crippen molar-refractivity contribution in [1.82, 2.24) is 15.2 Å². The summed E-state index contributed by atoms with van der Waals surface area (Å²) in [6.45, 7) is -0.375. The number of benzene rings is 1. The number of aromatic hydroxyl groups is 2. The van der Waals surface area contributed by atoms with Crippen LogP contribution in [-0.2, 0) is 17.5 Å². The van der Waals surface area contributed by atoms with Gasteiger partial charge in [-0.15, -0.1) is 0 Å². The van der Waals surface area contributed by atoms with Gasteiger partial charge in [-0.2, -0.15) is 13.2 Å². The molecule has 1 aromatic heterocycles. The highest BCUT2D eigenvalue weighted by Crippen LogP contribution is 2.34. The van der Waals surface area contributed by atoms with Crippen molar-refractivity contribution in [3.63, 3.8) is 0 Å². The molecule has 0 bridgehead atoms. The number of carboxylic acids is 1. The minimum atomic E-state index is -4.81. The number of rotatable bonds is 7. The van der Waals surface area contributed by atoms with E-state index in [-0.39, 0.29) is 6.54 Å². The molecule has 0 unspecified atom stereocenters. The number of carbonyl (C=O) groups excluding carboxylic acids is 2. The van der Waals surface area contributed by atoms with E-state index in [1.807, 2.05) is 5.32 Å². The number of aromatic nitrogens is 1. The third kappa shape index (κ3) is 4.99. The number of nitrogens with zero attached hydrogens (tertiary/aromatic N) is 1. The summed E-state index contributed by atoms with van der Waals surface area (Å²) in [5.74, 6) is -6.50. The number of halogens is 3. The van der Waals surface area contributed by atoms with Gasteiger partial charge in [0.1, 0.15) is 17.7 Å². The van der Waals surface area contributed by atoms with Crippen LogP contribution >= 0.6 is 0 Å². The molecular formula is C19H18F3N3O7. The van der Waals surface area contributed by atoms with Gasteiger partial charge in [-0.05, 0) is 18.6 Å². The van der Waals surface area contributed by atoms with Gasteiger partial charge in [0.25, 0.3) is 17.4 Å². The molecule has 2 amide bonds. The van der Waals surface area contributed by atoms with Crippen LogP contribution in [0.5, 0.6) is 11.6 Å². The minimum absolute atomic E-state index is 0.00393. The summed E-state index contributed by atoms with van der Waals surface area (Å²) in [5, 5.41) is 33.5. The summed E-state index contributed by atoms with van der Waals surface area (Å²) in [6.07, 6.45) is -4.81. The quantitative estimate of drug-likeness (QED) is 0.413. The Morgan fingerprint density at radius 1 is 1.03 bits per heavy atom. The van der Waals surface area contributed by atoms with Crippen LogP contribution in [0.1, 0.15) is 38.8 Å². The topological polar surface area (TPSA) is 158 Å². The number of carbonyl (C=O) groups is 3. The van der Waals surface area contributed by atoms with Crippen molar-refractivity contribution in [3.05, 3.63) is 56.9 Å². The number of pyridine rings is 1. The zero-order valence-electron chi connectivity index (χ0n) is 16.5. The van der Waals surface area contributed by atoms with Gasteiger partial charge >= 0.3 is 12.1 Å². The monoisotopic (exact) mass is 457 g/mol. The van der Waals surface area contributed by atoms with Gasteiger partial charge in [-0.1, -0.05) is 18.2 Å². The Hall–Kier alpha value is -4.03. The molecule has 1 aromatic carbocycles. The van der Waals surface area contributed by atoms with Crippen molar-refractivity contribution in [1.29, 1.82) is 0 Å². The molecule has 5 N–H and O–H groups in total. The van der Waals surface area contributed by atoms with Crippen molar-refractivity contribution in [2.24, 2.45) is 0 Å². The summed E-state index contributed by atoms with van der Waals surface area (Å²) >= 11 is 0. The van der Waals surface area contributed by atoms with Crippen LogP contribution in [0.15, 0.2) is 29.1 Å². The molecule has 0 saturated heterocycles. The van der Waals surface area contributed by atoms with E-state index in [1.54, 1.807) is 0 Å². The molecule has 2 rings (SSSR count). The fourth-order valence-corrected chi connectivity index (χ4v) is 2.86. The van der Waals surface area contributed by atoms with Crippen LogP contribution in [-0.4, -0.2) is 50.8 Å². The molecule has 172 valence electrons. The number of alkyl halides is 3. The number of carboxylic acid groups (broad SMARTS) is 1. The van der Waals surface area contributed by atoms with Gasteiger partial charge in [0.15, 0.2) is 5.75 Å². The standard InChI is InChI=1S/C19H18F3N3O7/c1-2-23-15(29)12-14(28)13(16(30)24-7-11(26)27)18(32)25(17(12)31)8-9-5-3-4-6-10(9)19(20,21)22/h3-6,28,32H,2,7-8H2,1H3,(H,23,29)(H,24,30)(H,26,27). The lowest BCUT2D eigenvalue weighted by molar-refractivity contribution is -0.138. The van der Waals surface area contributed by atoms with E-state index < -0.39 is 76.5 Å². The van der Waals surface area contributed by atoms with Gasteiger partial charge < -0.3 is 26.0 Å².